The van der Waals surface area contributed by atoms with Crippen molar-refractivity contribution < 1.29 is 4.79 Å². The van der Waals surface area contributed by atoms with E-state index in [1.807, 2.05) is 0 Å². The van der Waals surface area contributed by atoms with Gasteiger partial charge in [0.2, 0.25) is 5.91 Å². The van der Waals surface area contributed by atoms with Gasteiger partial charge in [-0.15, -0.1) is 0 Å². The number of nitrogens with zero attached hydrogens (tertiary/aromatic N) is 1. The molecule has 0 aliphatic carbocycles. The SMILES string of the molecule is C=CN1CCCC1=O.[K]. The van der Waals surface area contributed by atoms with Crippen LogP contribution >= 0.6 is 0 Å². The van der Waals surface area contributed by atoms with E-state index >= 15 is 0 Å². The smallest absolute Gasteiger partial charge is 0.226 e. The van der Waals surface area contributed by atoms with Gasteiger partial charge in [0.05, 0.1) is 0 Å². The van der Waals surface area contributed by atoms with E-state index in [2.05, 4.69) is 6.58 Å². The largest absolute Gasteiger partial charge is 0.320 e. The van der Waals surface area contributed by atoms with Crippen LogP contribution in [-0.4, -0.2) is 68.7 Å². The molecule has 0 N–H and O–H groups in total. The molecule has 45 valence electrons. The van der Waals surface area contributed by atoms with E-state index in [-0.39, 0.29) is 57.3 Å². The molecule has 0 bridgehead atoms. The summed E-state index contributed by atoms with van der Waals surface area (Å²) in [7, 11) is 0. The molecular formula is C6H9KNO. The Bertz CT molecular complexity index is 124. The van der Waals surface area contributed by atoms with Crippen molar-refractivity contribution in [3.05, 3.63) is 12.8 Å². The minimum atomic E-state index is 0. The van der Waals surface area contributed by atoms with Gasteiger partial charge in [0.25, 0.3) is 0 Å². The van der Waals surface area contributed by atoms with Gasteiger partial charge in [-0.3, -0.25) is 4.79 Å². The van der Waals surface area contributed by atoms with Crippen LogP contribution in [0, 0.1) is 0 Å². The third-order valence-corrected chi connectivity index (χ3v) is 1.33. The minimum absolute atomic E-state index is 0. The normalized spacial score (nSPS) is 17.3. The Morgan fingerprint density at radius 3 is 2.56 bits per heavy atom. The summed E-state index contributed by atoms with van der Waals surface area (Å²) in [5.41, 5.74) is 0. The van der Waals surface area contributed by atoms with Gasteiger partial charge in [-0.25, -0.2) is 0 Å². The van der Waals surface area contributed by atoms with Gasteiger partial charge in [-0.2, -0.15) is 0 Å². The minimum Gasteiger partial charge on any atom is -0.320 e. The molecule has 0 unspecified atom stereocenters. The zero-order valence-electron chi connectivity index (χ0n) is 5.76. The van der Waals surface area contributed by atoms with Crippen molar-refractivity contribution in [2.45, 2.75) is 12.8 Å². The Balaban J connectivity index is 0.000000640. The van der Waals surface area contributed by atoms with E-state index in [0.717, 1.165) is 13.0 Å². The van der Waals surface area contributed by atoms with Gasteiger partial charge >= 0.3 is 0 Å². The maximum absolute atomic E-state index is 10.7. The van der Waals surface area contributed by atoms with Crippen molar-refractivity contribution in [1.82, 2.24) is 4.90 Å². The summed E-state index contributed by atoms with van der Waals surface area (Å²) in [6, 6.07) is 0. The summed E-state index contributed by atoms with van der Waals surface area (Å²) in [6.45, 7) is 4.36. The quantitative estimate of drug-likeness (QED) is 0.495. The fourth-order valence-electron chi connectivity index (χ4n) is 0.862. The Hall–Kier alpha value is 0.846. The first kappa shape index (κ1) is 9.85. The average molecular weight is 150 g/mol. The van der Waals surface area contributed by atoms with Crippen LogP contribution in [0.25, 0.3) is 0 Å². The Labute approximate surface area is 97.7 Å². The molecule has 0 aromatic carbocycles. The molecule has 1 radical (unpaired) electrons. The van der Waals surface area contributed by atoms with Crippen LogP contribution in [0.5, 0.6) is 0 Å². The van der Waals surface area contributed by atoms with E-state index in [0.29, 0.717) is 6.42 Å². The van der Waals surface area contributed by atoms with Crippen LogP contribution in [0.2, 0.25) is 0 Å². The zero-order valence-corrected chi connectivity index (χ0v) is 8.88. The van der Waals surface area contributed by atoms with Crippen LogP contribution in [0.15, 0.2) is 12.8 Å². The molecule has 1 aliphatic heterocycles. The van der Waals surface area contributed by atoms with Crippen molar-refractivity contribution in [3.8, 4) is 0 Å². The summed E-state index contributed by atoms with van der Waals surface area (Å²) < 4.78 is 0. The summed E-state index contributed by atoms with van der Waals surface area (Å²) in [6.07, 6.45) is 3.28. The predicted molar refractivity (Wildman–Crippen MR) is 36.9 cm³/mol. The van der Waals surface area contributed by atoms with Gasteiger partial charge in [0.1, 0.15) is 0 Å². The molecule has 0 saturated carbocycles. The maximum atomic E-state index is 10.7. The van der Waals surface area contributed by atoms with Crippen LogP contribution in [-0.2, 0) is 4.79 Å². The number of hydrogen-bond donors (Lipinski definition) is 0. The molecular weight excluding hydrogens is 141 g/mol. The van der Waals surface area contributed by atoms with Crippen LogP contribution in [0.4, 0.5) is 0 Å². The van der Waals surface area contributed by atoms with Crippen molar-refractivity contribution in [1.29, 1.82) is 0 Å². The fourth-order valence-corrected chi connectivity index (χ4v) is 0.862. The molecule has 2 nitrogen and oxygen atoms in total. The summed E-state index contributed by atoms with van der Waals surface area (Å²) in [4.78, 5) is 12.3. The van der Waals surface area contributed by atoms with Crippen molar-refractivity contribution in [2.24, 2.45) is 0 Å². The standard InChI is InChI=1S/C6H9NO.K/c1-2-7-5-3-4-6(7)8;/h2H,1,3-5H2;. The number of likely N-dealkylation sites (tertiary alicyclic amines) is 1. The average Bonchev–Trinajstić information content (AvgIpc) is 2.14. The number of carbonyl (C=O) groups is 1. The van der Waals surface area contributed by atoms with Gasteiger partial charge in [-0.1, -0.05) is 6.58 Å². The zero-order chi connectivity index (χ0) is 5.98. The first-order valence-electron chi connectivity index (χ1n) is 2.76. The Morgan fingerprint density at radius 2 is 2.33 bits per heavy atom. The number of carbonyl (C=O) groups excluding carboxylic acids is 1. The van der Waals surface area contributed by atoms with Gasteiger partial charge < -0.3 is 4.90 Å². The molecule has 1 amide bonds. The van der Waals surface area contributed by atoms with Gasteiger partial charge in [0, 0.05) is 64.4 Å². The monoisotopic (exact) mass is 150 g/mol. The van der Waals surface area contributed by atoms with E-state index < -0.39 is 0 Å². The molecule has 0 spiro atoms. The molecule has 9 heavy (non-hydrogen) atoms. The van der Waals surface area contributed by atoms with Crippen molar-refractivity contribution in [2.75, 3.05) is 6.54 Å². The number of rotatable bonds is 1. The van der Waals surface area contributed by atoms with Crippen LogP contribution in [0.3, 0.4) is 0 Å². The van der Waals surface area contributed by atoms with Gasteiger partial charge in [-0.05, 0) is 12.6 Å². The van der Waals surface area contributed by atoms with Crippen molar-refractivity contribution >= 4 is 57.3 Å². The third kappa shape index (κ3) is 2.51. The Kier molecular flexibility index (Phi) is 5.06. The second kappa shape index (κ2) is 4.63. The van der Waals surface area contributed by atoms with Crippen LogP contribution in [0.1, 0.15) is 12.8 Å². The van der Waals surface area contributed by atoms with Crippen LogP contribution < -0.4 is 0 Å². The van der Waals surface area contributed by atoms with E-state index in [1.165, 1.54) is 0 Å². The molecule has 1 heterocycles. The Morgan fingerprint density at radius 1 is 1.67 bits per heavy atom. The molecule has 1 saturated heterocycles. The van der Waals surface area contributed by atoms with E-state index in [4.69, 9.17) is 0 Å². The molecule has 1 fully saturated rings. The third-order valence-electron chi connectivity index (χ3n) is 1.33. The fraction of sp³-hybridized carbons (Fsp3) is 0.500. The number of hydrogen-bond acceptors (Lipinski definition) is 1. The number of amides is 1. The predicted octanol–water partition coefficient (Wildman–Crippen LogP) is 0.371. The second-order valence-electron chi connectivity index (χ2n) is 1.87. The maximum Gasteiger partial charge on any atom is 0.226 e. The summed E-state index contributed by atoms with van der Waals surface area (Å²) >= 11 is 0. The molecule has 1 aliphatic rings. The molecule has 0 aromatic heterocycles. The molecule has 3 heteroatoms. The van der Waals surface area contributed by atoms with E-state index in [1.54, 1.807) is 11.1 Å². The van der Waals surface area contributed by atoms with Gasteiger partial charge in [0.15, 0.2) is 0 Å². The molecule has 0 atom stereocenters. The molecule has 1 rings (SSSR count). The summed E-state index contributed by atoms with van der Waals surface area (Å²) in [5, 5.41) is 0. The topological polar surface area (TPSA) is 20.3 Å². The second-order valence-corrected chi connectivity index (χ2v) is 1.87. The molecule has 0 aromatic rings. The summed E-state index contributed by atoms with van der Waals surface area (Å²) in [5.74, 6) is 0.208. The van der Waals surface area contributed by atoms with Crippen molar-refractivity contribution in [3.63, 3.8) is 0 Å². The van der Waals surface area contributed by atoms with E-state index in [9.17, 15) is 4.79 Å². The first-order chi connectivity index (χ1) is 3.84. The first-order valence-corrected chi connectivity index (χ1v) is 2.76.